The molecule has 0 fully saturated rings. The summed E-state index contributed by atoms with van der Waals surface area (Å²) in [7, 11) is 0. The van der Waals surface area contributed by atoms with Crippen LogP contribution in [0.5, 0.6) is 0 Å². The minimum Gasteiger partial charge on any atom is -0.447 e. The zero-order chi connectivity index (χ0) is 17.3. The zero-order valence-corrected chi connectivity index (χ0v) is 13.1. The van der Waals surface area contributed by atoms with Crippen LogP contribution in [0.3, 0.4) is 0 Å². The van der Waals surface area contributed by atoms with Crippen molar-refractivity contribution in [2.45, 2.75) is 13.8 Å². The number of para-hydroxylation sites is 1. The molecule has 0 saturated heterocycles. The molecule has 1 heterocycles. The fraction of sp³-hybridized carbons (Fsp3) is 0.111. The van der Waals surface area contributed by atoms with Gasteiger partial charge in [0.25, 0.3) is 5.91 Å². The lowest BCUT2D eigenvalue weighted by Crippen LogP contribution is -2.41. The normalized spacial score (nSPS) is 10.6. The summed E-state index contributed by atoms with van der Waals surface area (Å²) in [5, 5.41) is 0.519. The molecule has 2 amide bonds. The summed E-state index contributed by atoms with van der Waals surface area (Å²) in [5.41, 5.74) is 6.55. The summed E-state index contributed by atoms with van der Waals surface area (Å²) in [6.07, 6.45) is 0. The number of carbonyl (C=O) groups excluding carboxylic acids is 2. The Morgan fingerprint density at radius 1 is 0.958 bits per heavy atom. The summed E-state index contributed by atoms with van der Waals surface area (Å²) in [4.78, 5) is 24.2. The number of hydrogen-bond acceptors (Lipinski definition) is 3. The first-order valence-corrected chi connectivity index (χ1v) is 7.32. The van der Waals surface area contributed by atoms with Crippen molar-refractivity contribution in [1.29, 1.82) is 0 Å². The largest absolute Gasteiger partial charge is 0.447 e. The number of benzene rings is 2. The number of halogens is 1. The van der Waals surface area contributed by atoms with Crippen LogP contribution in [0.25, 0.3) is 11.0 Å². The minimum absolute atomic E-state index is 0.0185. The summed E-state index contributed by atoms with van der Waals surface area (Å²) in [6.45, 7) is 3.56. The van der Waals surface area contributed by atoms with E-state index in [-0.39, 0.29) is 11.3 Å². The molecule has 5 nitrogen and oxygen atoms in total. The molecular weight excluding hydrogens is 311 g/mol. The molecule has 0 aliphatic carbocycles. The van der Waals surface area contributed by atoms with Crippen LogP contribution >= 0.6 is 0 Å². The molecule has 1 aromatic heterocycles. The van der Waals surface area contributed by atoms with Gasteiger partial charge in [0.15, 0.2) is 17.2 Å². The van der Waals surface area contributed by atoms with E-state index < -0.39 is 17.6 Å². The van der Waals surface area contributed by atoms with Gasteiger partial charge in [0.05, 0.1) is 0 Å². The average Bonchev–Trinajstić information content (AvgIpc) is 2.92. The van der Waals surface area contributed by atoms with Crippen LogP contribution in [0, 0.1) is 19.7 Å². The molecule has 0 atom stereocenters. The second-order valence-electron chi connectivity index (χ2n) is 5.45. The van der Waals surface area contributed by atoms with Gasteiger partial charge in [-0.25, -0.2) is 4.39 Å². The second-order valence-corrected chi connectivity index (χ2v) is 5.45. The van der Waals surface area contributed by atoms with Gasteiger partial charge >= 0.3 is 5.91 Å². The summed E-state index contributed by atoms with van der Waals surface area (Å²) < 4.78 is 19.0. The third-order valence-corrected chi connectivity index (χ3v) is 3.73. The lowest BCUT2D eigenvalue weighted by molar-refractivity contribution is 0.0831. The monoisotopic (exact) mass is 326 g/mol. The van der Waals surface area contributed by atoms with Gasteiger partial charge in [-0.1, -0.05) is 29.8 Å². The van der Waals surface area contributed by atoms with Gasteiger partial charge in [-0.05, 0) is 32.0 Å². The molecule has 2 N–H and O–H groups in total. The molecule has 0 spiro atoms. The number of hydrogen-bond donors (Lipinski definition) is 2. The highest BCUT2D eigenvalue weighted by molar-refractivity contribution is 6.01. The van der Waals surface area contributed by atoms with Crippen LogP contribution in [-0.4, -0.2) is 11.8 Å². The van der Waals surface area contributed by atoms with E-state index in [0.29, 0.717) is 16.5 Å². The molecule has 3 rings (SSSR count). The first-order valence-electron chi connectivity index (χ1n) is 7.32. The molecular formula is C18H15FN2O3. The highest BCUT2D eigenvalue weighted by Gasteiger charge is 2.20. The fourth-order valence-electron chi connectivity index (χ4n) is 2.37. The first-order chi connectivity index (χ1) is 11.5. The molecule has 0 saturated carbocycles. The van der Waals surface area contributed by atoms with Crippen LogP contribution in [-0.2, 0) is 0 Å². The van der Waals surface area contributed by atoms with E-state index in [1.165, 1.54) is 6.07 Å². The quantitative estimate of drug-likeness (QED) is 0.710. The fourth-order valence-corrected chi connectivity index (χ4v) is 2.37. The van der Waals surface area contributed by atoms with Gasteiger partial charge in [0, 0.05) is 16.5 Å². The van der Waals surface area contributed by atoms with E-state index in [1.807, 2.05) is 6.92 Å². The molecule has 3 aromatic rings. The van der Waals surface area contributed by atoms with Crippen molar-refractivity contribution < 1.29 is 18.4 Å². The maximum Gasteiger partial charge on any atom is 0.305 e. The predicted molar refractivity (Wildman–Crippen MR) is 87.0 cm³/mol. The summed E-state index contributed by atoms with van der Waals surface area (Å²) in [6, 6.07) is 11.4. The number of carbonyl (C=O) groups is 2. The molecule has 2 aromatic carbocycles. The molecule has 122 valence electrons. The predicted octanol–water partition coefficient (Wildman–Crippen LogP) is 3.26. The van der Waals surface area contributed by atoms with E-state index in [9.17, 15) is 14.0 Å². The Hall–Kier alpha value is -3.15. The maximum absolute atomic E-state index is 13.7. The van der Waals surface area contributed by atoms with Crippen LogP contribution in [0.4, 0.5) is 4.39 Å². The van der Waals surface area contributed by atoms with Crippen molar-refractivity contribution in [3.05, 3.63) is 70.7 Å². The minimum atomic E-state index is -0.649. The van der Waals surface area contributed by atoms with E-state index in [2.05, 4.69) is 10.9 Å². The highest BCUT2D eigenvalue weighted by Crippen LogP contribution is 2.27. The van der Waals surface area contributed by atoms with E-state index in [1.54, 1.807) is 43.3 Å². The molecule has 0 aliphatic heterocycles. The Bertz CT molecular complexity index is 929. The van der Waals surface area contributed by atoms with E-state index in [0.717, 1.165) is 5.56 Å². The number of amides is 2. The van der Waals surface area contributed by atoms with E-state index >= 15 is 0 Å². The number of fused-ring (bicyclic) bond motifs is 1. The van der Waals surface area contributed by atoms with Gasteiger partial charge in [0.2, 0.25) is 0 Å². The zero-order valence-electron chi connectivity index (χ0n) is 13.1. The number of furan rings is 1. The van der Waals surface area contributed by atoms with Crippen LogP contribution in [0.2, 0.25) is 0 Å². The second kappa shape index (κ2) is 6.16. The van der Waals surface area contributed by atoms with Crippen molar-refractivity contribution in [1.82, 2.24) is 10.9 Å². The SMILES string of the molecule is Cc1ccc(C(=O)NNC(=O)c2oc3c(F)cccc3c2C)cc1. The van der Waals surface area contributed by atoms with Gasteiger partial charge < -0.3 is 4.42 Å². The maximum atomic E-state index is 13.7. The topological polar surface area (TPSA) is 71.3 Å². The molecule has 0 aliphatic rings. The molecule has 6 heteroatoms. The number of rotatable bonds is 2. The third-order valence-electron chi connectivity index (χ3n) is 3.73. The van der Waals surface area contributed by atoms with Crippen LogP contribution in [0.1, 0.15) is 32.0 Å². The lowest BCUT2D eigenvalue weighted by atomic mass is 10.1. The Morgan fingerprint density at radius 2 is 1.62 bits per heavy atom. The Kier molecular flexibility index (Phi) is 4.04. The van der Waals surface area contributed by atoms with Crippen molar-refractivity contribution in [2.75, 3.05) is 0 Å². The van der Waals surface area contributed by atoms with Crippen molar-refractivity contribution in [3.63, 3.8) is 0 Å². The standard InChI is InChI=1S/C18H15FN2O3/c1-10-6-8-12(9-7-10)17(22)20-21-18(23)15-11(2)13-4-3-5-14(19)16(13)24-15/h3-9H,1-2H3,(H,20,22)(H,21,23). The Labute approximate surface area is 137 Å². The highest BCUT2D eigenvalue weighted by atomic mass is 19.1. The number of nitrogens with one attached hydrogen (secondary N) is 2. The van der Waals surface area contributed by atoms with E-state index in [4.69, 9.17) is 4.42 Å². The van der Waals surface area contributed by atoms with Crippen molar-refractivity contribution in [2.24, 2.45) is 0 Å². The van der Waals surface area contributed by atoms with Crippen molar-refractivity contribution >= 4 is 22.8 Å². The Morgan fingerprint density at radius 3 is 2.29 bits per heavy atom. The van der Waals surface area contributed by atoms with Gasteiger partial charge in [-0.15, -0.1) is 0 Å². The number of hydrazine groups is 1. The van der Waals surface area contributed by atoms with Gasteiger partial charge in [0.1, 0.15) is 0 Å². The molecule has 0 radical (unpaired) electrons. The molecule has 24 heavy (non-hydrogen) atoms. The summed E-state index contributed by atoms with van der Waals surface area (Å²) >= 11 is 0. The third kappa shape index (κ3) is 2.86. The number of aryl methyl sites for hydroxylation is 2. The Balaban J connectivity index is 1.76. The van der Waals surface area contributed by atoms with Gasteiger partial charge in [-0.3, -0.25) is 20.4 Å². The molecule has 0 bridgehead atoms. The molecule has 0 unspecified atom stereocenters. The van der Waals surface area contributed by atoms with Gasteiger partial charge in [-0.2, -0.15) is 0 Å². The smallest absolute Gasteiger partial charge is 0.305 e. The first kappa shape index (κ1) is 15.7. The summed E-state index contributed by atoms with van der Waals surface area (Å²) in [5.74, 6) is -1.69. The van der Waals surface area contributed by atoms with Crippen molar-refractivity contribution in [3.8, 4) is 0 Å². The van der Waals surface area contributed by atoms with Crippen LogP contribution < -0.4 is 10.9 Å². The van der Waals surface area contributed by atoms with Crippen LogP contribution in [0.15, 0.2) is 46.9 Å². The lowest BCUT2D eigenvalue weighted by Gasteiger charge is -2.06. The average molecular weight is 326 g/mol.